The molecule has 0 spiro atoms. The minimum atomic E-state index is -2.94. The van der Waals surface area contributed by atoms with Crippen LogP contribution in [0.25, 0.3) is 0 Å². The zero-order valence-corrected chi connectivity index (χ0v) is 10.9. The number of hydrazine groups is 1. The molecule has 0 unspecified atom stereocenters. The molecule has 0 fully saturated rings. The number of benzene rings is 1. The second-order valence-corrected chi connectivity index (χ2v) is 3.81. The second-order valence-electron chi connectivity index (χ2n) is 3.81. The highest BCUT2D eigenvalue weighted by molar-refractivity contribution is 5.94. The predicted octanol–water partition coefficient (Wildman–Crippen LogP) is 1.89. The van der Waals surface area contributed by atoms with Crippen molar-refractivity contribution in [2.45, 2.75) is 13.5 Å². The fourth-order valence-electron chi connectivity index (χ4n) is 1.38. The third-order valence-electron chi connectivity index (χ3n) is 2.05. The number of carbonyl (C=O) groups is 1. The van der Waals surface area contributed by atoms with Crippen LogP contribution < -0.4 is 14.9 Å². The van der Waals surface area contributed by atoms with E-state index in [1.165, 1.54) is 23.2 Å². The van der Waals surface area contributed by atoms with Gasteiger partial charge in [0.05, 0.1) is 6.61 Å². The number of hydrogen-bond donors (Lipinski definition) is 1. The van der Waals surface area contributed by atoms with E-state index in [0.29, 0.717) is 5.56 Å². The van der Waals surface area contributed by atoms with Gasteiger partial charge >= 0.3 is 6.61 Å². The molecule has 1 rings (SSSR count). The van der Waals surface area contributed by atoms with Gasteiger partial charge < -0.3 is 9.47 Å². The standard InChI is InChI=1S/C12H16F2N2O3/c1-4-18-10-7-8(11(17)15-16(2)3)5-6-9(10)19-12(13)14/h5-7,12H,4H2,1-3H3,(H,15,17). The number of amides is 1. The Kier molecular flexibility index (Phi) is 5.50. The van der Waals surface area contributed by atoms with Crippen LogP contribution in [0.15, 0.2) is 18.2 Å². The summed E-state index contributed by atoms with van der Waals surface area (Å²) < 4.78 is 33.9. The van der Waals surface area contributed by atoms with Gasteiger partial charge in [0.15, 0.2) is 11.5 Å². The summed E-state index contributed by atoms with van der Waals surface area (Å²) in [5, 5.41) is 1.48. The van der Waals surface area contributed by atoms with Crippen LogP contribution in [0.4, 0.5) is 8.78 Å². The van der Waals surface area contributed by atoms with Crippen molar-refractivity contribution >= 4 is 5.91 Å². The maximum absolute atomic E-state index is 12.2. The molecule has 1 aromatic carbocycles. The topological polar surface area (TPSA) is 50.8 Å². The lowest BCUT2D eigenvalue weighted by molar-refractivity contribution is -0.0514. The van der Waals surface area contributed by atoms with Gasteiger partial charge in [-0.15, -0.1) is 0 Å². The number of ether oxygens (including phenoxy) is 2. The molecular formula is C12H16F2N2O3. The minimum absolute atomic E-state index is 0.0988. The summed E-state index contributed by atoms with van der Waals surface area (Å²) in [5.74, 6) is -0.359. The Labute approximate surface area is 110 Å². The molecule has 0 aliphatic heterocycles. The molecule has 0 atom stereocenters. The molecule has 5 nitrogen and oxygen atoms in total. The summed E-state index contributed by atoms with van der Waals surface area (Å²) in [5.41, 5.74) is 2.83. The Morgan fingerprint density at radius 1 is 1.37 bits per heavy atom. The van der Waals surface area contributed by atoms with Gasteiger partial charge in [0.1, 0.15) is 0 Å². The summed E-state index contributed by atoms with van der Waals surface area (Å²) in [4.78, 5) is 11.7. The minimum Gasteiger partial charge on any atom is -0.490 e. The molecule has 7 heteroatoms. The van der Waals surface area contributed by atoms with Crippen molar-refractivity contribution in [3.8, 4) is 11.5 Å². The molecule has 19 heavy (non-hydrogen) atoms. The van der Waals surface area contributed by atoms with Crippen molar-refractivity contribution in [2.24, 2.45) is 0 Å². The molecule has 0 radical (unpaired) electrons. The van der Waals surface area contributed by atoms with Gasteiger partial charge in [-0.1, -0.05) is 0 Å². The van der Waals surface area contributed by atoms with Crippen LogP contribution in [0.3, 0.4) is 0 Å². The molecule has 0 bridgehead atoms. The van der Waals surface area contributed by atoms with E-state index < -0.39 is 6.61 Å². The van der Waals surface area contributed by atoms with E-state index in [1.807, 2.05) is 0 Å². The molecule has 1 amide bonds. The summed E-state index contributed by atoms with van der Waals surface area (Å²) in [6.07, 6.45) is 0. The highest BCUT2D eigenvalue weighted by atomic mass is 19.3. The van der Waals surface area contributed by atoms with Crippen LogP contribution in [0, 0.1) is 0 Å². The Hall–Kier alpha value is -1.89. The first-order valence-electron chi connectivity index (χ1n) is 5.64. The van der Waals surface area contributed by atoms with Crippen LogP contribution >= 0.6 is 0 Å². The molecule has 1 N–H and O–H groups in total. The van der Waals surface area contributed by atoms with Crippen molar-refractivity contribution in [1.82, 2.24) is 10.4 Å². The van der Waals surface area contributed by atoms with Crippen molar-refractivity contribution < 1.29 is 23.0 Å². The lowest BCUT2D eigenvalue weighted by Crippen LogP contribution is -2.36. The molecule has 106 valence electrons. The van der Waals surface area contributed by atoms with E-state index in [1.54, 1.807) is 21.0 Å². The van der Waals surface area contributed by atoms with E-state index in [9.17, 15) is 13.6 Å². The Morgan fingerprint density at radius 2 is 2.05 bits per heavy atom. The number of rotatable bonds is 6. The lowest BCUT2D eigenvalue weighted by Gasteiger charge is -2.14. The first-order valence-corrected chi connectivity index (χ1v) is 5.64. The normalized spacial score (nSPS) is 10.7. The summed E-state index contributed by atoms with van der Waals surface area (Å²) >= 11 is 0. The third kappa shape index (κ3) is 4.70. The smallest absolute Gasteiger partial charge is 0.387 e. The van der Waals surface area contributed by atoms with Crippen LogP contribution in [0.2, 0.25) is 0 Å². The number of alkyl halides is 2. The maximum Gasteiger partial charge on any atom is 0.387 e. The van der Waals surface area contributed by atoms with E-state index in [2.05, 4.69) is 10.2 Å². The summed E-state index contributed by atoms with van der Waals surface area (Å²) in [6, 6.07) is 4.03. The van der Waals surface area contributed by atoms with Gasteiger partial charge in [-0.05, 0) is 25.1 Å². The van der Waals surface area contributed by atoms with Crippen LogP contribution in [-0.2, 0) is 0 Å². The fraction of sp³-hybridized carbons (Fsp3) is 0.417. The van der Waals surface area contributed by atoms with Gasteiger partial charge in [0.25, 0.3) is 5.91 Å². The predicted molar refractivity (Wildman–Crippen MR) is 65.4 cm³/mol. The van der Waals surface area contributed by atoms with Gasteiger partial charge in [-0.3, -0.25) is 10.2 Å². The number of carbonyl (C=O) groups excluding carboxylic acids is 1. The van der Waals surface area contributed by atoms with Crippen molar-refractivity contribution in [3.05, 3.63) is 23.8 Å². The monoisotopic (exact) mass is 274 g/mol. The molecule has 0 saturated carbocycles. The third-order valence-corrected chi connectivity index (χ3v) is 2.05. The van der Waals surface area contributed by atoms with E-state index in [-0.39, 0.29) is 24.0 Å². The quantitative estimate of drug-likeness (QED) is 0.805. The molecule has 1 aromatic rings. The summed E-state index contributed by atoms with van der Waals surface area (Å²) in [7, 11) is 3.32. The first-order chi connectivity index (χ1) is 8.93. The maximum atomic E-state index is 12.2. The van der Waals surface area contributed by atoms with E-state index in [0.717, 1.165) is 0 Å². The Morgan fingerprint density at radius 3 is 2.58 bits per heavy atom. The molecular weight excluding hydrogens is 258 g/mol. The highest BCUT2D eigenvalue weighted by Gasteiger charge is 2.14. The Balaban J connectivity index is 2.97. The summed E-state index contributed by atoms with van der Waals surface area (Å²) in [6.45, 7) is -0.961. The average molecular weight is 274 g/mol. The number of nitrogens with zero attached hydrogens (tertiary/aromatic N) is 1. The first kappa shape index (κ1) is 15.2. The van der Waals surface area contributed by atoms with Crippen LogP contribution in [0.5, 0.6) is 11.5 Å². The van der Waals surface area contributed by atoms with E-state index in [4.69, 9.17) is 4.74 Å². The van der Waals surface area contributed by atoms with Gasteiger partial charge in [-0.2, -0.15) is 8.78 Å². The van der Waals surface area contributed by atoms with Crippen molar-refractivity contribution in [1.29, 1.82) is 0 Å². The van der Waals surface area contributed by atoms with Crippen LogP contribution in [-0.4, -0.2) is 38.2 Å². The number of hydrogen-bond acceptors (Lipinski definition) is 4. The highest BCUT2D eigenvalue weighted by Crippen LogP contribution is 2.29. The fourth-order valence-corrected chi connectivity index (χ4v) is 1.38. The SMILES string of the molecule is CCOc1cc(C(=O)NN(C)C)ccc1OC(F)F. The Bertz CT molecular complexity index is 439. The number of halogens is 2. The second kappa shape index (κ2) is 6.89. The number of nitrogens with one attached hydrogen (secondary N) is 1. The van der Waals surface area contributed by atoms with Gasteiger partial charge in [0.2, 0.25) is 0 Å². The molecule has 0 aromatic heterocycles. The van der Waals surface area contributed by atoms with E-state index >= 15 is 0 Å². The van der Waals surface area contributed by atoms with Gasteiger partial charge in [0, 0.05) is 19.7 Å². The average Bonchev–Trinajstić information content (AvgIpc) is 2.30. The molecule has 0 aliphatic carbocycles. The zero-order valence-electron chi connectivity index (χ0n) is 10.9. The largest absolute Gasteiger partial charge is 0.490 e. The van der Waals surface area contributed by atoms with Gasteiger partial charge in [-0.25, -0.2) is 5.01 Å². The lowest BCUT2D eigenvalue weighted by atomic mass is 10.2. The van der Waals surface area contributed by atoms with Crippen molar-refractivity contribution in [3.63, 3.8) is 0 Å². The molecule has 0 heterocycles. The van der Waals surface area contributed by atoms with Crippen molar-refractivity contribution in [2.75, 3.05) is 20.7 Å². The molecule has 0 saturated heterocycles. The zero-order chi connectivity index (χ0) is 14.4. The van der Waals surface area contributed by atoms with Crippen LogP contribution in [0.1, 0.15) is 17.3 Å². The molecule has 0 aliphatic rings.